The van der Waals surface area contributed by atoms with Crippen LogP contribution in [0.1, 0.15) is 335 Å². The van der Waals surface area contributed by atoms with Crippen molar-refractivity contribution in [1.82, 2.24) is 5.32 Å². The number of aliphatic hydroxyl groups is 2. The molecule has 0 aromatic rings. The summed E-state index contributed by atoms with van der Waals surface area (Å²) in [6, 6.07) is -0.539. The molecule has 0 aliphatic rings. The molecule has 0 radical (unpaired) electrons. The summed E-state index contributed by atoms with van der Waals surface area (Å²) in [6.45, 7) is 4.90. The van der Waals surface area contributed by atoms with Gasteiger partial charge in [0.25, 0.3) is 0 Å². The average molecular weight is 959 g/mol. The minimum atomic E-state index is -0.662. The predicted molar refractivity (Wildman–Crippen MR) is 296 cm³/mol. The molecule has 0 aliphatic carbocycles. The van der Waals surface area contributed by atoms with Crippen molar-refractivity contribution in [1.29, 1.82) is 0 Å². The standard InChI is InChI=1S/C62H119NO5/c1-3-5-7-9-11-13-15-30-34-38-42-46-50-54-60(65)59(58-64)63-61(66)55-51-47-43-39-35-32-28-26-24-22-20-18-17-19-21-23-25-27-29-33-37-41-45-49-53-57-68-62(67)56-52-48-44-40-36-31-16-14-12-10-8-6-4-2/h8,10,14,16,59-60,64-65H,3-7,9,11-13,15,17-58H2,1-2H3,(H,63,66)/b10-8-,16-14-. The number of amides is 1. The predicted octanol–water partition coefficient (Wildman–Crippen LogP) is 19.0. The topological polar surface area (TPSA) is 95.9 Å². The molecule has 0 saturated carbocycles. The van der Waals surface area contributed by atoms with Crippen LogP contribution in [0.5, 0.6) is 0 Å². The highest BCUT2D eigenvalue weighted by atomic mass is 16.5. The minimum absolute atomic E-state index is 0.00120. The second-order valence-corrected chi connectivity index (χ2v) is 21.0. The molecular formula is C62H119NO5. The molecule has 2 atom stereocenters. The number of rotatable bonds is 57. The number of aliphatic hydroxyl groups excluding tert-OH is 2. The van der Waals surface area contributed by atoms with E-state index in [-0.39, 0.29) is 18.5 Å². The first-order chi connectivity index (χ1) is 33.5. The lowest BCUT2D eigenvalue weighted by Crippen LogP contribution is -2.45. The molecule has 2 unspecified atom stereocenters. The number of ether oxygens (including phenoxy) is 1. The first-order valence-corrected chi connectivity index (χ1v) is 30.6. The highest BCUT2D eigenvalue weighted by molar-refractivity contribution is 5.76. The van der Waals surface area contributed by atoms with E-state index in [4.69, 9.17) is 4.74 Å². The smallest absolute Gasteiger partial charge is 0.305 e. The van der Waals surface area contributed by atoms with Crippen LogP contribution in [0.2, 0.25) is 0 Å². The van der Waals surface area contributed by atoms with Crippen molar-refractivity contribution in [3.05, 3.63) is 24.3 Å². The van der Waals surface area contributed by atoms with E-state index in [1.165, 1.54) is 250 Å². The Morgan fingerprint density at radius 3 is 1.18 bits per heavy atom. The summed E-state index contributed by atoms with van der Waals surface area (Å²) in [4.78, 5) is 24.5. The van der Waals surface area contributed by atoms with E-state index in [9.17, 15) is 19.8 Å². The van der Waals surface area contributed by atoms with Crippen LogP contribution in [-0.2, 0) is 14.3 Å². The second-order valence-electron chi connectivity index (χ2n) is 21.0. The molecule has 0 aromatic carbocycles. The number of unbranched alkanes of at least 4 members (excludes halogenated alkanes) is 42. The number of nitrogens with one attached hydrogen (secondary N) is 1. The molecule has 402 valence electrons. The summed E-state index contributed by atoms with van der Waals surface area (Å²) in [7, 11) is 0. The fourth-order valence-electron chi connectivity index (χ4n) is 9.56. The number of esters is 1. The van der Waals surface area contributed by atoms with Gasteiger partial charge in [-0.3, -0.25) is 9.59 Å². The Morgan fingerprint density at radius 1 is 0.412 bits per heavy atom. The zero-order valence-electron chi connectivity index (χ0n) is 45.9. The van der Waals surface area contributed by atoms with Gasteiger partial charge < -0.3 is 20.3 Å². The van der Waals surface area contributed by atoms with Gasteiger partial charge in [0.05, 0.1) is 25.4 Å². The molecule has 68 heavy (non-hydrogen) atoms. The molecule has 0 spiro atoms. The molecule has 0 bridgehead atoms. The maximum atomic E-state index is 12.5. The summed E-state index contributed by atoms with van der Waals surface area (Å²) in [6.07, 6.45) is 70.5. The Bertz CT molecular complexity index is 1060. The minimum Gasteiger partial charge on any atom is -0.466 e. The van der Waals surface area contributed by atoms with E-state index in [2.05, 4.69) is 43.5 Å². The lowest BCUT2D eigenvalue weighted by Gasteiger charge is -2.22. The molecule has 6 nitrogen and oxygen atoms in total. The maximum absolute atomic E-state index is 12.5. The maximum Gasteiger partial charge on any atom is 0.305 e. The average Bonchev–Trinajstić information content (AvgIpc) is 3.34. The largest absolute Gasteiger partial charge is 0.466 e. The first-order valence-electron chi connectivity index (χ1n) is 30.6. The van der Waals surface area contributed by atoms with Gasteiger partial charge in [0.1, 0.15) is 0 Å². The van der Waals surface area contributed by atoms with Crippen molar-refractivity contribution < 1.29 is 24.5 Å². The van der Waals surface area contributed by atoms with Crippen LogP contribution in [-0.4, -0.2) is 47.4 Å². The molecular weight excluding hydrogens is 839 g/mol. The Labute approximate surface area is 424 Å². The van der Waals surface area contributed by atoms with Crippen molar-refractivity contribution in [2.24, 2.45) is 0 Å². The molecule has 0 rings (SSSR count). The SMILES string of the molecule is CCC/C=C\C/C=C\CCCCCCCC(=O)OCCCCCCCCCCCCCCCCCCCCCCCCCCCC(=O)NC(CO)C(O)CCCCCCCCCCCCCCC. The Hall–Kier alpha value is -1.66. The van der Waals surface area contributed by atoms with E-state index in [1.807, 2.05) is 0 Å². The number of carbonyl (C=O) groups excluding carboxylic acids is 2. The van der Waals surface area contributed by atoms with E-state index in [0.717, 1.165) is 51.4 Å². The lowest BCUT2D eigenvalue weighted by atomic mass is 10.0. The van der Waals surface area contributed by atoms with Crippen molar-refractivity contribution >= 4 is 11.9 Å². The Kier molecular flexibility index (Phi) is 56.5. The molecule has 0 aliphatic heterocycles. The van der Waals surface area contributed by atoms with Gasteiger partial charge in [-0.15, -0.1) is 0 Å². The second kappa shape index (κ2) is 57.9. The van der Waals surface area contributed by atoms with E-state index >= 15 is 0 Å². The van der Waals surface area contributed by atoms with Gasteiger partial charge in [0.15, 0.2) is 0 Å². The number of allylic oxidation sites excluding steroid dienone is 4. The number of hydrogen-bond donors (Lipinski definition) is 3. The third-order valence-corrected chi connectivity index (χ3v) is 14.2. The van der Waals surface area contributed by atoms with E-state index < -0.39 is 12.1 Å². The highest BCUT2D eigenvalue weighted by Crippen LogP contribution is 2.18. The third kappa shape index (κ3) is 53.7. The Balaban J connectivity index is 3.35. The molecule has 1 amide bonds. The van der Waals surface area contributed by atoms with Crippen molar-refractivity contribution in [3.8, 4) is 0 Å². The van der Waals surface area contributed by atoms with Crippen LogP contribution in [0, 0.1) is 0 Å². The van der Waals surface area contributed by atoms with Crippen LogP contribution < -0.4 is 5.32 Å². The lowest BCUT2D eigenvalue weighted by molar-refractivity contribution is -0.143. The van der Waals surface area contributed by atoms with E-state index in [0.29, 0.717) is 25.9 Å². The van der Waals surface area contributed by atoms with Crippen molar-refractivity contribution in [2.45, 2.75) is 347 Å². The molecule has 0 aromatic heterocycles. The van der Waals surface area contributed by atoms with Crippen LogP contribution in [0.4, 0.5) is 0 Å². The fraction of sp³-hybridized carbons (Fsp3) is 0.903. The highest BCUT2D eigenvalue weighted by Gasteiger charge is 2.20. The molecule has 0 fully saturated rings. The summed E-state index contributed by atoms with van der Waals surface area (Å²) in [5.74, 6) is -0.0310. The summed E-state index contributed by atoms with van der Waals surface area (Å²) < 4.78 is 5.47. The van der Waals surface area contributed by atoms with Gasteiger partial charge in [0, 0.05) is 12.8 Å². The van der Waals surface area contributed by atoms with E-state index in [1.54, 1.807) is 0 Å². The molecule has 0 heterocycles. The number of carbonyl (C=O) groups is 2. The van der Waals surface area contributed by atoms with Gasteiger partial charge in [0.2, 0.25) is 5.91 Å². The monoisotopic (exact) mass is 958 g/mol. The normalized spacial score (nSPS) is 12.7. The Morgan fingerprint density at radius 2 is 0.765 bits per heavy atom. The molecule has 3 N–H and O–H groups in total. The van der Waals surface area contributed by atoms with Crippen molar-refractivity contribution in [3.63, 3.8) is 0 Å². The summed E-state index contributed by atoms with van der Waals surface area (Å²) in [5, 5.41) is 23.3. The van der Waals surface area contributed by atoms with Crippen LogP contribution in [0.3, 0.4) is 0 Å². The van der Waals surface area contributed by atoms with Gasteiger partial charge >= 0.3 is 5.97 Å². The number of hydrogen-bond acceptors (Lipinski definition) is 5. The van der Waals surface area contributed by atoms with Crippen LogP contribution >= 0.6 is 0 Å². The summed E-state index contributed by atoms with van der Waals surface area (Å²) >= 11 is 0. The zero-order valence-corrected chi connectivity index (χ0v) is 45.9. The van der Waals surface area contributed by atoms with Gasteiger partial charge in [-0.1, -0.05) is 295 Å². The van der Waals surface area contributed by atoms with Gasteiger partial charge in [-0.25, -0.2) is 0 Å². The quantitative estimate of drug-likeness (QED) is 0.0321. The van der Waals surface area contributed by atoms with Crippen LogP contribution in [0.25, 0.3) is 0 Å². The van der Waals surface area contributed by atoms with Crippen LogP contribution in [0.15, 0.2) is 24.3 Å². The third-order valence-electron chi connectivity index (χ3n) is 14.2. The zero-order chi connectivity index (χ0) is 49.3. The van der Waals surface area contributed by atoms with Gasteiger partial charge in [-0.05, 0) is 51.4 Å². The molecule has 6 heteroatoms. The van der Waals surface area contributed by atoms with Gasteiger partial charge in [-0.2, -0.15) is 0 Å². The molecule has 0 saturated heterocycles. The first kappa shape index (κ1) is 66.3. The van der Waals surface area contributed by atoms with Crippen molar-refractivity contribution in [2.75, 3.05) is 13.2 Å². The summed E-state index contributed by atoms with van der Waals surface area (Å²) in [5.41, 5.74) is 0. The fourth-order valence-corrected chi connectivity index (χ4v) is 9.56.